The molecule has 5 heteroatoms. The number of anilines is 1. The summed E-state index contributed by atoms with van der Waals surface area (Å²) in [4.78, 5) is 17.0. The van der Waals surface area contributed by atoms with E-state index in [2.05, 4.69) is 17.2 Å². The molecule has 1 atom stereocenters. The highest BCUT2D eigenvalue weighted by molar-refractivity contribution is 7.09. The van der Waals surface area contributed by atoms with Crippen molar-refractivity contribution in [1.82, 2.24) is 4.98 Å². The van der Waals surface area contributed by atoms with Gasteiger partial charge < -0.3 is 10.1 Å². The minimum absolute atomic E-state index is 0.191. The molecule has 1 aromatic heterocycles. The van der Waals surface area contributed by atoms with Gasteiger partial charge >= 0.3 is 5.97 Å². The number of thiazole rings is 1. The molecule has 0 bridgehead atoms. The molecule has 0 fully saturated rings. The first-order valence-corrected chi connectivity index (χ1v) is 7.43. The fourth-order valence-electron chi connectivity index (χ4n) is 1.96. The monoisotopic (exact) mass is 290 g/mol. The second-order valence-electron chi connectivity index (χ2n) is 4.47. The van der Waals surface area contributed by atoms with Crippen molar-refractivity contribution in [3.63, 3.8) is 0 Å². The maximum atomic E-state index is 11.6. The van der Waals surface area contributed by atoms with Crippen molar-refractivity contribution in [1.29, 1.82) is 0 Å². The van der Waals surface area contributed by atoms with E-state index in [1.807, 2.05) is 24.6 Å². The Morgan fingerprint density at radius 2 is 2.10 bits per heavy atom. The van der Waals surface area contributed by atoms with Gasteiger partial charge in [-0.2, -0.15) is 0 Å². The third-order valence-electron chi connectivity index (χ3n) is 2.96. The van der Waals surface area contributed by atoms with Crippen molar-refractivity contribution < 1.29 is 9.53 Å². The van der Waals surface area contributed by atoms with Gasteiger partial charge in [-0.1, -0.05) is 0 Å². The number of carbonyl (C=O) groups is 1. The second-order valence-corrected chi connectivity index (χ2v) is 5.35. The highest BCUT2D eigenvalue weighted by atomic mass is 32.1. The Bertz CT molecular complexity index is 578. The first-order valence-electron chi connectivity index (χ1n) is 6.55. The summed E-state index contributed by atoms with van der Waals surface area (Å²) >= 11 is 1.64. The van der Waals surface area contributed by atoms with Crippen LogP contribution in [-0.4, -0.2) is 17.6 Å². The standard InChI is InChI=1S/C15H18N2O2S/c1-4-19-15(18)12-5-7-13(8-6-12)17-11(3)14-10(2)16-9-20-14/h5-9,11,17H,4H2,1-3H3. The minimum Gasteiger partial charge on any atom is -0.462 e. The van der Waals surface area contributed by atoms with E-state index in [1.165, 1.54) is 4.88 Å². The Morgan fingerprint density at radius 1 is 1.40 bits per heavy atom. The number of hydrogen-bond acceptors (Lipinski definition) is 5. The molecular formula is C15H18N2O2S. The van der Waals surface area contributed by atoms with Crippen molar-refractivity contribution in [3.8, 4) is 0 Å². The maximum absolute atomic E-state index is 11.6. The smallest absolute Gasteiger partial charge is 0.338 e. The fraction of sp³-hybridized carbons (Fsp3) is 0.333. The summed E-state index contributed by atoms with van der Waals surface area (Å²) < 4.78 is 4.96. The van der Waals surface area contributed by atoms with Crippen LogP contribution < -0.4 is 5.32 Å². The zero-order valence-electron chi connectivity index (χ0n) is 11.8. The molecule has 0 spiro atoms. The molecule has 0 aliphatic carbocycles. The number of hydrogen-bond donors (Lipinski definition) is 1. The molecule has 1 N–H and O–H groups in total. The molecule has 0 aliphatic rings. The van der Waals surface area contributed by atoms with Gasteiger partial charge in [0, 0.05) is 10.6 Å². The highest BCUT2D eigenvalue weighted by Crippen LogP contribution is 2.25. The number of ether oxygens (including phenoxy) is 1. The Balaban J connectivity index is 2.04. The van der Waals surface area contributed by atoms with Crippen molar-refractivity contribution in [2.75, 3.05) is 11.9 Å². The largest absolute Gasteiger partial charge is 0.462 e. The number of rotatable bonds is 5. The Kier molecular flexibility index (Phi) is 4.74. The molecule has 106 valence electrons. The zero-order chi connectivity index (χ0) is 14.5. The quantitative estimate of drug-likeness (QED) is 0.851. The second kappa shape index (κ2) is 6.52. The van der Waals surface area contributed by atoms with Gasteiger partial charge in [-0.05, 0) is 45.0 Å². The van der Waals surface area contributed by atoms with E-state index in [1.54, 1.807) is 30.4 Å². The van der Waals surface area contributed by atoms with Gasteiger partial charge in [0.2, 0.25) is 0 Å². The Hall–Kier alpha value is -1.88. The first kappa shape index (κ1) is 14.5. The van der Waals surface area contributed by atoms with Gasteiger partial charge in [-0.3, -0.25) is 0 Å². The summed E-state index contributed by atoms with van der Waals surface area (Å²) in [5.41, 5.74) is 4.45. The number of benzene rings is 1. The van der Waals surface area contributed by atoms with E-state index in [9.17, 15) is 4.79 Å². The fourth-order valence-corrected chi connectivity index (χ4v) is 2.77. The highest BCUT2D eigenvalue weighted by Gasteiger charge is 2.11. The topological polar surface area (TPSA) is 51.2 Å². The normalized spacial score (nSPS) is 11.9. The number of nitrogens with zero attached hydrogens (tertiary/aromatic N) is 1. The van der Waals surface area contributed by atoms with E-state index in [0.29, 0.717) is 12.2 Å². The molecule has 2 aromatic rings. The van der Waals surface area contributed by atoms with Gasteiger partial charge in [-0.15, -0.1) is 11.3 Å². The van der Waals surface area contributed by atoms with Crippen LogP contribution in [-0.2, 0) is 4.74 Å². The summed E-state index contributed by atoms with van der Waals surface area (Å²) in [7, 11) is 0. The summed E-state index contributed by atoms with van der Waals surface area (Å²) in [6.07, 6.45) is 0. The van der Waals surface area contributed by atoms with Crippen LogP contribution in [0.5, 0.6) is 0 Å². The zero-order valence-corrected chi connectivity index (χ0v) is 12.7. The number of nitrogens with one attached hydrogen (secondary N) is 1. The van der Waals surface area contributed by atoms with Crippen LogP contribution in [0.4, 0.5) is 5.69 Å². The van der Waals surface area contributed by atoms with E-state index >= 15 is 0 Å². The predicted molar refractivity (Wildman–Crippen MR) is 81.3 cm³/mol. The molecular weight excluding hydrogens is 272 g/mol. The van der Waals surface area contributed by atoms with Crippen LogP contribution in [0.3, 0.4) is 0 Å². The molecule has 0 amide bonds. The number of aromatic nitrogens is 1. The summed E-state index contributed by atoms with van der Waals surface area (Å²) in [5, 5.41) is 3.40. The number of carbonyl (C=O) groups excluding carboxylic acids is 1. The lowest BCUT2D eigenvalue weighted by Crippen LogP contribution is -2.07. The SMILES string of the molecule is CCOC(=O)c1ccc(NC(C)c2scnc2C)cc1. The summed E-state index contributed by atoms with van der Waals surface area (Å²) in [5.74, 6) is -0.287. The average molecular weight is 290 g/mol. The molecule has 0 radical (unpaired) electrons. The Labute approximate surface area is 122 Å². The van der Waals surface area contributed by atoms with Gasteiger partial charge in [0.25, 0.3) is 0 Å². The number of aryl methyl sites for hydroxylation is 1. The molecule has 0 aliphatic heterocycles. The van der Waals surface area contributed by atoms with Crippen LogP contribution >= 0.6 is 11.3 Å². The molecule has 2 rings (SSSR count). The Morgan fingerprint density at radius 3 is 2.65 bits per heavy atom. The van der Waals surface area contributed by atoms with Crippen molar-refractivity contribution in [3.05, 3.63) is 45.9 Å². The van der Waals surface area contributed by atoms with E-state index in [4.69, 9.17) is 4.74 Å². The third-order valence-corrected chi connectivity index (χ3v) is 4.07. The molecule has 1 aromatic carbocycles. The lowest BCUT2D eigenvalue weighted by Gasteiger charge is -2.14. The summed E-state index contributed by atoms with van der Waals surface area (Å²) in [6.45, 7) is 6.29. The van der Waals surface area contributed by atoms with Gasteiger partial charge in [-0.25, -0.2) is 9.78 Å². The lowest BCUT2D eigenvalue weighted by molar-refractivity contribution is 0.0526. The van der Waals surface area contributed by atoms with Crippen LogP contribution in [0.15, 0.2) is 29.8 Å². The van der Waals surface area contributed by atoms with Crippen LogP contribution in [0.2, 0.25) is 0 Å². The van der Waals surface area contributed by atoms with Gasteiger partial charge in [0.15, 0.2) is 0 Å². The van der Waals surface area contributed by atoms with Gasteiger partial charge in [0.05, 0.1) is 29.4 Å². The first-order chi connectivity index (χ1) is 9.61. The minimum atomic E-state index is -0.287. The van der Waals surface area contributed by atoms with E-state index in [-0.39, 0.29) is 12.0 Å². The molecule has 0 saturated carbocycles. The maximum Gasteiger partial charge on any atom is 0.338 e. The average Bonchev–Trinajstić information content (AvgIpc) is 2.86. The summed E-state index contributed by atoms with van der Waals surface area (Å²) in [6, 6.07) is 7.51. The third kappa shape index (κ3) is 3.36. The van der Waals surface area contributed by atoms with Crippen molar-refractivity contribution in [2.45, 2.75) is 26.8 Å². The number of esters is 1. The van der Waals surface area contributed by atoms with E-state index < -0.39 is 0 Å². The molecule has 0 saturated heterocycles. The molecule has 4 nitrogen and oxygen atoms in total. The van der Waals surface area contributed by atoms with Crippen molar-refractivity contribution in [2.24, 2.45) is 0 Å². The van der Waals surface area contributed by atoms with Crippen LogP contribution in [0.1, 0.15) is 40.8 Å². The van der Waals surface area contributed by atoms with Gasteiger partial charge in [0.1, 0.15) is 0 Å². The van der Waals surface area contributed by atoms with Crippen molar-refractivity contribution >= 4 is 23.0 Å². The molecule has 20 heavy (non-hydrogen) atoms. The van der Waals surface area contributed by atoms with Crippen LogP contribution in [0.25, 0.3) is 0 Å². The van der Waals surface area contributed by atoms with Crippen LogP contribution in [0, 0.1) is 6.92 Å². The van der Waals surface area contributed by atoms with E-state index in [0.717, 1.165) is 11.4 Å². The lowest BCUT2D eigenvalue weighted by atomic mass is 10.2. The molecule has 1 heterocycles. The molecule has 1 unspecified atom stereocenters. The predicted octanol–water partition coefficient (Wildman–Crippen LogP) is 3.80.